The molecule has 0 unspecified atom stereocenters. The molecule has 312 valence electrons. The first kappa shape index (κ1) is 62.2. The summed E-state index contributed by atoms with van der Waals surface area (Å²) in [6.07, 6.45) is 18.4. The van der Waals surface area contributed by atoms with Crippen LogP contribution in [0.15, 0.2) is 61.2 Å². The van der Waals surface area contributed by atoms with Crippen LogP contribution in [-0.4, -0.2) is 79.4 Å². The Morgan fingerprint density at radius 3 is 1.35 bits per heavy atom. The van der Waals surface area contributed by atoms with Gasteiger partial charge in [0.2, 0.25) is 17.7 Å². The van der Waals surface area contributed by atoms with Gasteiger partial charge in [0.05, 0.1) is 47.4 Å². The number of nitrogens with zero attached hydrogens (tertiary/aromatic N) is 1. The van der Waals surface area contributed by atoms with Crippen molar-refractivity contribution in [2.75, 3.05) is 18.1 Å². The van der Waals surface area contributed by atoms with Gasteiger partial charge in [0.15, 0.2) is 13.7 Å². The minimum absolute atomic E-state index is 0. The Kier molecular flexibility index (Phi) is 43.7. The second-order valence-electron chi connectivity index (χ2n) is 12.3. The molecule has 2 radical (unpaired) electrons. The molecule has 11 nitrogen and oxygen atoms in total. The average molecular weight is 1010 g/mol. The first-order valence-corrected chi connectivity index (χ1v) is 23.7. The maximum Gasteiger partial charge on any atom is 1.00 e. The Morgan fingerprint density at radius 1 is 0.842 bits per heavy atom. The Balaban J connectivity index is -0.000000290. The SMILES string of the molecule is C/C=C/CC.C/C=C/CC.C=C[CH+]CBr.CC[C@H]1C(=O)N[C@@H]1C.CC[C@H]1C(=O)N[C@@H]1C.CSI.O=C1[N-]C(=O)c2ccccc21.[B]C(=O)NC[C@H]1C(=O)N[C@@H]1C.[K+]. The molecule has 4 N–H and O–H groups in total. The van der Waals surface area contributed by atoms with E-state index in [4.69, 9.17) is 7.85 Å². The third-order valence-electron chi connectivity index (χ3n) is 8.10. The van der Waals surface area contributed by atoms with Crippen molar-refractivity contribution in [2.45, 2.75) is 106 Å². The molecule has 57 heavy (non-hydrogen) atoms. The zero-order valence-corrected chi connectivity index (χ0v) is 43.5. The van der Waals surface area contributed by atoms with Gasteiger partial charge in [-0.05, 0) is 87.8 Å². The van der Waals surface area contributed by atoms with Crippen molar-refractivity contribution in [1.82, 2.24) is 21.3 Å². The van der Waals surface area contributed by atoms with E-state index in [-0.39, 0.29) is 81.1 Å². The van der Waals surface area contributed by atoms with Crippen molar-refractivity contribution in [3.05, 3.63) is 84.1 Å². The summed E-state index contributed by atoms with van der Waals surface area (Å²) in [6.45, 7) is 22.2. The molecule has 3 saturated heterocycles. The van der Waals surface area contributed by atoms with Gasteiger partial charge in [-0.2, -0.15) is 0 Å². The van der Waals surface area contributed by atoms with Gasteiger partial charge in [-0.25, -0.2) is 0 Å². The van der Waals surface area contributed by atoms with E-state index >= 15 is 0 Å². The normalized spacial score (nSPS) is 21.1. The number of carbonyl (C=O) groups is 6. The summed E-state index contributed by atoms with van der Waals surface area (Å²) in [5.41, 5.74) is 0.829. The quantitative estimate of drug-likeness (QED) is 0.0484. The fourth-order valence-electron chi connectivity index (χ4n) is 4.85. The molecule has 0 aliphatic carbocycles. The summed E-state index contributed by atoms with van der Waals surface area (Å²) < 4.78 is 0. The molecular weight excluding hydrogens is 947 g/mol. The summed E-state index contributed by atoms with van der Waals surface area (Å²) in [4.78, 5) is 63.9. The molecule has 4 heterocycles. The topological polar surface area (TPSA) is 165 Å². The predicted molar refractivity (Wildman–Crippen MR) is 248 cm³/mol. The number of hydrogen-bond acceptors (Lipinski definition) is 7. The van der Waals surface area contributed by atoms with Crippen molar-refractivity contribution in [3.8, 4) is 0 Å². The number of amides is 6. The first-order valence-electron chi connectivity index (χ1n) is 18.8. The zero-order chi connectivity index (χ0) is 43.6. The van der Waals surface area contributed by atoms with Gasteiger partial charge in [-0.3, -0.25) is 19.2 Å². The van der Waals surface area contributed by atoms with E-state index in [1.807, 2.05) is 61.1 Å². The maximum absolute atomic E-state index is 10.9. The number of imide groups is 1. The van der Waals surface area contributed by atoms with Crippen LogP contribution in [-0.2, 0) is 14.4 Å². The van der Waals surface area contributed by atoms with Crippen molar-refractivity contribution in [3.63, 3.8) is 0 Å². The third-order valence-corrected chi connectivity index (χ3v) is 8.47. The van der Waals surface area contributed by atoms with E-state index in [0.717, 1.165) is 31.0 Å². The largest absolute Gasteiger partial charge is 1.00 e. The Hall–Kier alpha value is -1.41. The summed E-state index contributed by atoms with van der Waals surface area (Å²) >= 11 is 5.39. The number of benzene rings is 1. The molecule has 0 aromatic heterocycles. The van der Waals surface area contributed by atoms with Gasteiger partial charge in [-0.15, -0.1) is 0 Å². The standard InChI is InChI=1S/C8H5NO2.C6H9BN2O2.2C6H11NO.2C5H10.C4H6Br.CH3IS.K/c10-7-5-3-1-2-4-6(5)8(11)9-7;1-3-4(5(10)9-3)2-8-6(7)11;2*1-3-5-4(2)7-6(5)8;2*1-3-5-4-2;1-2-3-4-5;1-3-2;/h1-4H,(H,9,10,11);3-4H,2H2,1H3,(H,8,11)(H,9,10);2*4-5H,3H2,1-2H3,(H,7,8);2*3,5H,4H2,1-2H3;2-3H,1,4H2;1H3;/q;;;;;;+1;;+1/p-1/b;;;;2*5-3+;;;/t;3-,4-;2*4-,5-;;;;;/m.111...../s1. The van der Waals surface area contributed by atoms with Crippen LogP contribution in [0.3, 0.4) is 0 Å². The molecule has 4 aliphatic heterocycles. The summed E-state index contributed by atoms with van der Waals surface area (Å²) in [7, 11) is 6.55. The van der Waals surface area contributed by atoms with Crippen molar-refractivity contribution >= 4 is 89.3 Å². The minimum Gasteiger partial charge on any atom is -0.587 e. The van der Waals surface area contributed by atoms with Crippen LogP contribution < -0.4 is 72.7 Å². The van der Waals surface area contributed by atoms with Gasteiger partial charge in [-0.1, -0.05) is 101 Å². The van der Waals surface area contributed by atoms with Crippen molar-refractivity contribution < 1.29 is 80.2 Å². The molecular formula is C41H64BBrIKN5O6S+. The molecule has 5 rings (SSSR count). The molecule has 6 atom stereocenters. The molecule has 3 fully saturated rings. The molecule has 1 aromatic rings. The van der Waals surface area contributed by atoms with E-state index < -0.39 is 17.6 Å². The smallest absolute Gasteiger partial charge is 0.587 e. The third kappa shape index (κ3) is 28.7. The summed E-state index contributed by atoms with van der Waals surface area (Å²) in [6, 6.07) is 7.63. The van der Waals surface area contributed by atoms with Gasteiger partial charge < -0.3 is 36.2 Å². The molecule has 0 spiro atoms. The fourth-order valence-corrected chi connectivity index (χ4v) is 5.11. The van der Waals surface area contributed by atoms with Crippen LogP contribution in [0.2, 0.25) is 0 Å². The van der Waals surface area contributed by atoms with Crippen LogP contribution in [0.25, 0.3) is 5.32 Å². The van der Waals surface area contributed by atoms with Crippen molar-refractivity contribution in [2.24, 2.45) is 17.8 Å². The van der Waals surface area contributed by atoms with E-state index in [2.05, 4.69) is 108 Å². The van der Waals surface area contributed by atoms with Gasteiger partial charge in [0, 0.05) is 42.4 Å². The van der Waals surface area contributed by atoms with Crippen LogP contribution in [0, 0.1) is 24.2 Å². The number of carbonyl (C=O) groups excluding carboxylic acids is 6. The van der Waals surface area contributed by atoms with E-state index in [1.165, 1.54) is 0 Å². The molecule has 6 amide bonds. The zero-order valence-electron chi connectivity index (χ0n) is 35.8. The monoisotopic (exact) mass is 1010 g/mol. The van der Waals surface area contributed by atoms with E-state index in [1.54, 1.807) is 39.3 Å². The number of hydrogen-bond donors (Lipinski definition) is 4. The molecule has 1 aromatic carbocycles. The number of allylic oxidation sites excluding steroid dienone is 5. The minimum atomic E-state index is -0.586. The number of β-lactam (4-membered cyclic amide) rings is 3. The van der Waals surface area contributed by atoms with Crippen LogP contribution >= 0.6 is 46.1 Å². The Labute approximate surface area is 412 Å². The van der Waals surface area contributed by atoms with Gasteiger partial charge in [0.1, 0.15) is 0 Å². The average Bonchev–Trinajstić information content (AvgIpc) is 3.44. The Morgan fingerprint density at radius 2 is 1.19 bits per heavy atom. The summed E-state index contributed by atoms with van der Waals surface area (Å²) in [5, 5.41) is 14.8. The van der Waals surface area contributed by atoms with Crippen molar-refractivity contribution in [1.29, 1.82) is 0 Å². The Bertz CT molecular complexity index is 1320. The van der Waals surface area contributed by atoms with Crippen LogP contribution in [0.1, 0.15) is 109 Å². The van der Waals surface area contributed by atoms with Gasteiger partial charge >= 0.3 is 51.4 Å². The fraction of sp³-hybridized carbons (Fsp3) is 0.537. The molecule has 0 bridgehead atoms. The number of fused-ring (bicyclic) bond motifs is 1. The molecule has 16 heteroatoms. The van der Waals surface area contributed by atoms with Crippen LogP contribution in [0.5, 0.6) is 0 Å². The van der Waals surface area contributed by atoms with E-state index in [9.17, 15) is 28.8 Å². The number of halogens is 2. The van der Waals surface area contributed by atoms with Gasteiger partial charge in [0.25, 0.3) is 0 Å². The molecule has 0 saturated carbocycles. The predicted octanol–water partition coefficient (Wildman–Crippen LogP) is 5.84. The van der Waals surface area contributed by atoms with E-state index in [0.29, 0.717) is 41.6 Å². The second-order valence-corrected chi connectivity index (χ2v) is 15.9. The first-order chi connectivity index (χ1) is 26.6. The number of alkyl halides is 1. The maximum atomic E-state index is 10.9. The van der Waals surface area contributed by atoms with Crippen LogP contribution in [0.4, 0.5) is 4.79 Å². The summed E-state index contributed by atoms with van der Waals surface area (Å²) in [5.74, 6) is -0.521. The number of rotatable bonds is 8. The number of nitrogens with one attached hydrogen (secondary N) is 4. The molecule has 4 aliphatic rings. The second kappa shape index (κ2) is 40.0.